The van der Waals surface area contributed by atoms with E-state index in [1.54, 1.807) is 27.2 Å². The summed E-state index contributed by atoms with van der Waals surface area (Å²) in [4.78, 5) is 15.5. The molecule has 250 valence electrons. The summed E-state index contributed by atoms with van der Waals surface area (Å²) < 4.78 is 33.4. The molecule has 7 rings (SSSR count). The number of piperidine rings is 2. The second kappa shape index (κ2) is 14.0. The van der Waals surface area contributed by atoms with Crippen LogP contribution in [-0.4, -0.2) is 59.1 Å². The summed E-state index contributed by atoms with van der Waals surface area (Å²) in [5.41, 5.74) is 6.71. The van der Waals surface area contributed by atoms with Gasteiger partial charge in [0.15, 0.2) is 5.69 Å². The number of halogens is 2. The van der Waals surface area contributed by atoms with Crippen LogP contribution < -0.4 is 10.1 Å². The Morgan fingerprint density at radius 3 is 2.52 bits per heavy atom. The number of nitrogens with one attached hydrogen (secondary N) is 2. The number of thiophene rings is 1. The number of aromatic nitrogens is 2. The van der Waals surface area contributed by atoms with Crippen molar-refractivity contribution in [3.05, 3.63) is 91.9 Å². The molecule has 13 heteroatoms. The number of benzene rings is 2. The van der Waals surface area contributed by atoms with Crippen molar-refractivity contribution in [1.29, 1.82) is 0 Å². The topological polar surface area (TPSA) is 99.6 Å². The van der Waals surface area contributed by atoms with Gasteiger partial charge in [0.2, 0.25) is 0 Å². The number of carbonyl (C=O) groups excluding carboxylic acids is 1. The number of rotatable bonds is 8. The third-order valence-electron chi connectivity index (χ3n) is 9.27. The number of nitrogens with zero attached hydrogens (tertiary/aromatic N) is 4. The largest absolute Gasteiger partial charge is 0.286 e. The lowest BCUT2D eigenvalue weighted by Crippen LogP contribution is -2.46. The molecule has 4 heterocycles. The van der Waals surface area contributed by atoms with Crippen LogP contribution in [0.5, 0.6) is 0 Å². The van der Waals surface area contributed by atoms with Crippen molar-refractivity contribution in [2.75, 3.05) is 19.6 Å². The third-order valence-corrected chi connectivity index (χ3v) is 12.4. The highest BCUT2D eigenvalue weighted by Gasteiger charge is 2.44. The summed E-state index contributed by atoms with van der Waals surface area (Å²) in [7, 11) is -3.82. The summed E-state index contributed by atoms with van der Waals surface area (Å²) in [6.45, 7) is 3.88. The number of hydrogen-bond donors (Lipinski definition) is 2. The monoisotopic (exact) mass is 722 g/mol. The van der Waals surface area contributed by atoms with Gasteiger partial charge >= 0.3 is 0 Å². The van der Waals surface area contributed by atoms with Crippen LogP contribution in [0.15, 0.2) is 54.6 Å². The van der Waals surface area contributed by atoms with Crippen LogP contribution in [0.4, 0.5) is 0 Å². The summed E-state index contributed by atoms with van der Waals surface area (Å²) >= 11 is 14.4. The van der Waals surface area contributed by atoms with Crippen LogP contribution in [0.3, 0.4) is 0 Å². The lowest BCUT2D eigenvalue weighted by Gasteiger charge is -2.27. The maximum atomic E-state index is 14.0. The summed E-state index contributed by atoms with van der Waals surface area (Å²) in [6, 6.07) is 16.9. The molecule has 2 unspecified atom stereocenters. The Balaban J connectivity index is 1.31. The highest BCUT2D eigenvalue weighted by Crippen LogP contribution is 2.40. The fraction of sp³-hybridized carbons (Fsp3) is 0.371. The molecule has 3 aliphatic rings. The van der Waals surface area contributed by atoms with Crippen LogP contribution in [0, 0.1) is 24.7 Å². The summed E-state index contributed by atoms with van der Waals surface area (Å²) in [5, 5.41) is 7.53. The van der Waals surface area contributed by atoms with E-state index in [9.17, 15) is 13.2 Å². The standard InChI is InChI=1S/C35H36Cl2N6O3S2/c1-23-5-7-24(8-6-23)10-13-28-14-16-32(47-28)34-29(21-38-48(45,46)42-22-25-9-12-27(42)19-25)33(35(44)40-41-17-3-2-4-18-41)39-43(34)31-15-11-26(36)20-30(31)37/h5-8,11,14-16,20,25,27,38H,2-4,9,12,17-19,21-22H2,1H3,(H,40,44). The number of hydrogen-bond acceptors (Lipinski definition) is 6. The van der Waals surface area contributed by atoms with Crippen LogP contribution >= 0.6 is 34.5 Å². The minimum Gasteiger partial charge on any atom is -0.283 e. The third kappa shape index (κ3) is 7.07. The quantitative estimate of drug-likeness (QED) is 0.201. The number of carbonyl (C=O) groups is 1. The zero-order valence-corrected chi connectivity index (χ0v) is 29.7. The molecular weight excluding hydrogens is 687 g/mol. The number of hydrazine groups is 1. The first kappa shape index (κ1) is 33.3. The van der Waals surface area contributed by atoms with Crippen LogP contribution in [0.1, 0.15) is 70.6 Å². The molecule has 2 aliphatic heterocycles. The maximum Gasteiger partial charge on any atom is 0.286 e. The average Bonchev–Trinajstić information content (AvgIpc) is 3.88. The first-order chi connectivity index (χ1) is 23.1. The van der Waals surface area contributed by atoms with Gasteiger partial charge in [-0.3, -0.25) is 10.2 Å². The second-order valence-electron chi connectivity index (χ2n) is 12.7. The minimum absolute atomic E-state index is 0.0106. The van der Waals surface area contributed by atoms with E-state index in [1.807, 2.05) is 48.3 Å². The predicted octanol–water partition coefficient (Wildman–Crippen LogP) is 6.57. The van der Waals surface area contributed by atoms with Crippen molar-refractivity contribution in [3.8, 4) is 28.1 Å². The highest BCUT2D eigenvalue weighted by atomic mass is 35.5. The molecule has 2 atom stereocenters. The molecule has 2 aromatic heterocycles. The Bertz CT molecular complexity index is 2010. The van der Waals surface area contributed by atoms with Crippen molar-refractivity contribution in [2.24, 2.45) is 5.92 Å². The maximum absolute atomic E-state index is 14.0. The molecule has 2 N–H and O–H groups in total. The van der Waals surface area contributed by atoms with Crippen LogP contribution in [0.25, 0.3) is 16.3 Å². The number of amides is 1. The van der Waals surface area contributed by atoms with E-state index < -0.39 is 16.1 Å². The second-order valence-corrected chi connectivity index (χ2v) is 16.3. The molecule has 2 aromatic carbocycles. The van der Waals surface area contributed by atoms with E-state index in [0.717, 1.165) is 72.5 Å². The van der Waals surface area contributed by atoms with Gasteiger partial charge in [0.25, 0.3) is 16.1 Å². The van der Waals surface area contributed by atoms with Crippen molar-refractivity contribution in [2.45, 2.75) is 58.0 Å². The van der Waals surface area contributed by atoms with E-state index in [-0.39, 0.29) is 18.3 Å². The zero-order valence-electron chi connectivity index (χ0n) is 26.5. The number of aryl methyl sites for hydroxylation is 1. The Morgan fingerprint density at radius 1 is 1.02 bits per heavy atom. The fourth-order valence-corrected chi connectivity index (χ4v) is 9.70. The molecular formula is C35H36Cl2N6O3S2. The van der Waals surface area contributed by atoms with Gasteiger partial charge in [-0.2, -0.15) is 22.5 Å². The van der Waals surface area contributed by atoms with Crippen molar-refractivity contribution in [3.63, 3.8) is 0 Å². The first-order valence-electron chi connectivity index (χ1n) is 16.2. The van der Waals surface area contributed by atoms with E-state index in [0.29, 0.717) is 39.5 Å². The van der Waals surface area contributed by atoms with Gasteiger partial charge in [0.05, 0.1) is 26.2 Å². The van der Waals surface area contributed by atoms with E-state index in [4.69, 9.17) is 28.3 Å². The average molecular weight is 724 g/mol. The van der Waals surface area contributed by atoms with Gasteiger partial charge < -0.3 is 0 Å². The summed E-state index contributed by atoms with van der Waals surface area (Å²) in [5.74, 6) is 6.46. The van der Waals surface area contributed by atoms with Crippen LogP contribution in [0.2, 0.25) is 10.0 Å². The lowest BCUT2D eigenvalue weighted by molar-refractivity contribution is 0.0743. The van der Waals surface area contributed by atoms with Gasteiger partial charge in [0.1, 0.15) is 0 Å². The molecule has 3 fully saturated rings. The SMILES string of the molecule is Cc1ccc(C#Cc2ccc(-c3c(CNS(=O)(=O)N4CC5CCC4C5)c(C(=O)NN4CCCCC4)nn3-c3ccc(Cl)cc3Cl)s2)cc1. The molecule has 2 bridgehead atoms. The molecule has 1 amide bonds. The molecule has 0 spiro atoms. The molecule has 9 nitrogen and oxygen atoms in total. The Hall–Kier alpha value is -3.21. The van der Waals surface area contributed by atoms with Gasteiger partial charge in [0, 0.05) is 48.4 Å². The van der Waals surface area contributed by atoms with Crippen molar-refractivity contribution >= 4 is 50.7 Å². The van der Waals surface area contributed by atoms with Gasteiger partial charge in [-0.15, -0.1) is 11.3 Å². The van der Waals surface area contributed by atoms with Crippen molar-refractivity contribution in [1.82, 2.24) is 29.2 Å². The van der Waals surface area contributed by atoms with E-state index >= 15 is 0 Å². The van der Waals surface area contributed by atoms with Crippen LogP contribution in [-0.2, 0) is 16.8 Å². The van der Waals surface area contributed by atoms with Gasteiger partial charge in [-0.1, -0.05) is 59.2 Å². The Labute approximate surface area is 295 Å². The fourth-order valence-electron chi connectivity index (χ4n) is 6.81. The Kier molecular flexibility index (Phi) is 9.68. The highest BCUT2D eigenvalue weighted by molar-refractivity contribution is 7.87. The Morgan fingerprint density at radius 2 is 1.81 bits per heavy atom. The first-order valence-corrected chi connectivity index (χ1v) is 19.2. The molecule has 48 heavy (non-hydrogen) atoms. The zero-order chi connectivity index (χ0) is 33.4. The minimum atomic E-state index is -3.82. The predicted molar refractivity (Wildman–Crippen MR) is 191 cm³/mol. The van der Waals surface area contributed by atoms with E-state index in [2.05, 4.69) is 22.0 Å². The lowest BCUT2D eigenvalue weighted by atomic mass is 10.1. The van der Waals surface area contributed by atoms with E-state index in [1.165, 1.54) is 11.3 Å². The number of fused-ring (bicyclic) bond motifs is 2. The van der Waals surface area contributed by atoms with Crippen molar-refractivity contribution < 1.29 is 13.2 Å². The normalized spacial score (nSPS) is 19.7. The van der Waals surface area contributed by atoms with Gasteiger partial charge in [-0.25, -0.2) is 9.69 Å². The smallest absolute Gasteiger partial charge is 0.283 e. The molecule has 1 aliphatic carbocycles. The summed E-state index contributed by atoms with van der Waals surface area (Å²) in [6.07, 6.45) is 5.89. The molecule has 0 radical (unpaired) electrons. The molecule has 4 aromatic rings. The molecule has 1 saturated carbocycles. The molecule has 2 saturated heterocycles. The van der Waals surface area contributed by atoms with Gasteiger partial charge in [-0.05, 0) is 87.4 Å².